The molecule has 4 rings (SSSR count). The van der Waals surface area contributed by atoms with E-state index < -0.39 is 5.97 Å². The Hall–Kier alpha value is -3.18. The molecule has 5 nitrogen and oxygen atoms in total. The van der Waals surface area contributed by atoms with Crippen LogP contribution in [0.5, 0.6) is 0 Å². The molecule has 0 amide bonds. The number of hydrogen-bond donors (Lipinski definition) is 3. The van der Waals surface area contributed by atoms with E-state index in [2.05, 4.69) is 22.1 Å². The Kier molecular flexibility index (Phi) is 5.08. The highest BCUT2D eigenvalue weighted by atomic mass is 16.4. The second kappa shape index (κ2) is 7.82. The first kappa shape index (κ1) is 18.2. The minimum Gasteiger partial charge on any atom is -0.481 e. The van der Waals surface area contributed by atoms with Gasteiger partial charge in [0.1, 0.15) is 0 Å². The number of carbonyl (C=O) groups is 1. The molecule has 0 aliphatic heterocycles. The van der Waals surface area contributed by atoms with Crippen molar-refractivity contribution in [2.45, 2.75) is 25.7 Å². The van der Waals surface area contributed by atoms with Gasteiger partial charge >= 0.3 is 5.97 Å². The van der Waals surface area contributed by atoms with E-state index in [1.165, 1.54) is 5.56 Å². The quantitative estimate of drug-likeness (QED) is 0.421. The van der Waals surface area contributed by atoms with Crippen LogP contribution in [0.4, 0.5) is 0 Å². The van der Waals surface area contributed by atoms with Gasteiger partial charge in [0.15, 0.2) is 0 Å². The van der Waals surface area contributed by atoms with Crippen molar-refractivity contribution in [3.63, 3.8) is 0 Å². The first-order valence-corrected chi connectivity index (χ1v) is 9.57. The Morgan fingerprint density at radius 2 is 1.96 bits per heavy atom. The number of pyridine rings is 1. The van der Waals surface area contributed by atoms with E-state index in [0.717, 1.165) is 57.9 Å². The summed E-state index contributed by atoms with van der Waals surface area (Å²) in [6, 6.07) is 16.0. The second-order valence-corrected chi connectivity index (χ2v) is 7.05. The molecule has 2 aromatic carbocycles. The zero-order valence-electron chi connectivity index (χ0n) is 15.6. The summed E-state index contributed by atoms with van der Waals surface area (Å²) in [7, 11) is 0. The molecule has 4 N–H and O–H groups in total. The Bertz CT molecular complexity index is 1140. The van der Waals surface area contributed by atoms with Crippen LogP contribution in [0.25, 0.3) is 33.1 Å². The number of H-pyrrole nitrogens is 1. The monoisotopic (exact) mass is 373 g/mol. The number of unbranched alkanes of at least 4 members (excludes halogenated alkanes) is 1. The van der Waals surface area contributed by atoms with Gasteiger partial charge in [-0.25, -0.2) is 0 Å². The zero-order valence-corrected chi connectivity index (χ0v) is 15.6. The van der Waals surface area contributed by atoms with Crippen LogP contribution in [0.2, 0.25) is 0 Å². The Morgan fingerprint density at radius 1 is 1.07 bits per heavy atom. The van der Waals surface area contributed by atoms with Crippen molar-refractivity contribution < 1.29 is 9.90 Å². The van der Waals surface area contributed by atoms with Gasteiger partial charge in [0.2, 0.25) is 0 Å². The number of aryl methyl sites for hydroxylation is 1. The maximum Gasteiger partial charge on any atom is 0.307 e. The molecule has 0 aliphatic rings. The molecular weight excluding hydrogens is 350 g/mol. The lowest BCUT2D eigenvalue weighted by molar-refractivity contribution is -0.136. The molecule has 2 heterocycles. The van der Waals surface area contributed by atoms with Crippen molar-refractivity contribution in [1.29, 1.82) is 0 Å². The summed E-state index contributed by atoms with van der Waals surface area (Å²) in [5.74, 6) is -0.820. The molecule has 0 aliphatic carbocycles. The van der Waals surface area contributed by atoms with E-state index in [0.29, 0.717) is 6.54 Å². The minimum absolute atomic E-state index is 0.0247. The molecule has 0 bridgehead atoms. The summed E-state index contributed by atoms with van der Waals surface area (Å²) in [4.78, 5) is 19.2. The Morgan fingerprint density at radius 3 is 2.79 bits per heavy atom. The molecule has 5 heteroatoms. The number of benzene rings is 2. The average Bonchev–Trinajstić information content (AvgIpc) is 3.05. The van der Waals surface area contributed by atoms with Crippen molar-refractivity contribution in [3.05, 3.63) is 65.9 Å². The highest BCUT2D eigenvalue weighted by Gasteiger charge is 2.16. The van der Waals surface area contributed by atoms with E-state index in [9.17, 15) is 4.79 Å². The average molecular weight is 373 g/mol. The van der Waals surface area contributed by atoms with Crippen molar-refractivity contribution in [3.8, 4) is 11.3 Å². The third-order valence-electron chi connectivity index (χ3n) is 5.12. The van der Waals surface area contributed by atoms with Gasteiger partial charge in [-0.3, -0.25) is 9.78 Å². The SMILES string of the molecule is NCCCCc1c(-c2cccc3ncccc23)[nH]c2ccc(CC(=O)O)cc12. The van der Waals surface area contributed by atoms with Gasteiger partial charge in [0.05, 0.1) is 17.6 Å². The lowest BCUT2D eigenvalue weighted by Gasteiger charge is -2.08. The predicted octanol–water partition coefficient (Wildman–Crippen LogP) is 4.29. The summed E-state index contributed by atoms with van der Waals surface area (Å²) in [6.45, 7) is 0.667. The van der Waals surface area contributed by atoms with Gasteiger partial charge in [0, 0.05) is 28.0 Å². The standard InChI is InChI=1S/C23H23N3O2/c24-11-2-1-5-18-19-13-15(14-22(27)28)9-10-21(19)26-23(18)17-6-3-8-20-16(17)7-4-12-25-20/h3-4,6-10,12-13,26H,1-2,5,11,14,24H2,(H,27,28). The van der Waals surface area contributed by atoms with Crippen molar-refractivity contribution >= 4 is 27.8 Å². The zero-order chi connectivity index (χ0) is 19.5. The van der Waals surface area contributed by atoms with Crippen molar-refractivity contribution in [2.24, 2.45) is 5.73 Å². The number of nitrogens with two attached hydrogens (primary N) is 1. The van der Waals surface area contributed by atoms with Crippen LogP contribution in [0.15, 0.2) is 54.7 Å². The number of carboxylic acids is 1. The lowest BCUT2D eigenvalue weighted by Crippen LogP contribution is -2.00. The van der Waals surface area contributed by atoms with Crippen LogP contribution in [0, 0.1) is 0 Å². The molecule has 0 fully saturated rings. The molecule has 4 aromatic rings. The van der Waals surface area contributed by atoms with Crippen LogP contribution in [-0.2, 0) is 17.6 Å². The third kappa shape index (κ3) is 3.49. The number of nitrogens with one attached hydrogen (secondary N) is 1. The first-order valence-electron chi connectivity index (χ1n) is 9.57. The fourth-order valence-electron chi connectivity index (χ4n) is 3.84. The molecule has 0 atom stereocenters. The van der Waals surface area contributed by atoms with E-state index >= 15 is 0 Å². The Labute approximate surface area is 163 Å². The van der Waals surface area contributed by atoms with E-state index in [-0.39, 0.29) is 6.42 Å². The number of aromatic nitrogens is 2. The maximum absolute atomic E-state index is 11.1. The molecular formula is C23H23N3O2. The summed E-state index contributed by atoms with van der Waals surface area (Å²) in [5.41, 5.74) is 11.9. The number of rotatable bonds is 7. The van der Waals surface area contributed by atoms with E-state index in [4.69, 9.17) is 10.8 Å². The van der Waals surface area contributed by atoms with E-state index in [1.807, 2.05) is 36.4 Å². The van der Waals surface area contributed by atoms with Gasteiger partial charge in [-0.15, -0.1) is 0 Å². The van der Waals surface area contributed by atoms with Crippen LogP contribution >= 0.6 is 0 Å². The molecule has 0 spiro atoms. The smallest absolute Gasteiger partial charge is 0.307 e. The van der Waals surface area contributed by atoms with Crippen LogP contribution in [-0.4, -0.2) is 27.6 Å². The maximum atomic E-state index is 11.1. The summed E-state index contributed by atoms with van der Waals surface area (Å²) in [5, 5.41) is 11.3. The van der Waals surface area contributed by atoms with Gasteiger partial charge in [-0.1, -0.05) is 24.3 Å². The largest absolute Gasteiger partial charge is 0.481 e. The second-order valence-electron chi connectivity index (χ2n) is 7.05. The molecule has 0 unspecified atom stereocenters. The number of hydrogen-bond acceptors (Lipinski definition) is 3. The number of aromatic amines is 1. The molecule has 0 saturated carbocycles. The number of aliphatic carboxylic acids is 1. The van der Waals surface area contributed by atoms with Gasteiger partial charge < -0.3 is 15.8 Å². The minimum atomic E-state index is -0.820. The molecule has 28 heavy (non-hydrogen) atoms. The molecule has 142 valence electrons. The highest BCUT2D eigenvalue weighted by molar-refractivity contribution is 5.99. The van der Waals surface area contributed by atoms with Gasteiger partial charge in [-0.05, 0) is 61.2 Å². The number of carboxylic acid groups (broad SMARTS) is 1. The van der Waals surface area contributed by atoms with Crippen LogP contribution in [0.1, 0.15) is 24.0 Å². The predicted molar refractivity (Wildman–Crippen MR) is 112 cm³/mol. The summed E-state index contributed by atoms with van der Waals surface area (Å²) < 4.78 is 0. The van der Waals surface area contributed by atoms with Crippen LogP contribution < -0.4 is 5.73 Å². The molecule has 0 radical (unpaired) electrons. The number of nitrogens with zero attached hydrogens (tertiary/aromatic N) is 1. The molecule has 0 saturated heterocycles. The van der Waals surface area contributed by atoms with Gasteiger partial charge in [0.25, 0.3) is 0 Å². The Balaban J connectivity index is 1.90. The van der Waals surface area contributed by atoms with E-state index in [1.54, 1.807) is 6.20 Å². The lowest BCUT2D eigenvalue weighted by atomic mass is 9.97. The topological polar surface area (TPSA) is 92.0 Å². The summed E-state index contributed by atoms with van der Waals surface area (Å²) in [6.07, 6.45) is 4.66. The van der Waals surface area contributed by atoms with Gasteiger partial charge in [-0.2, -0.15) is 0 Å². The highest BCUT2D eigenvalue weighted by Crippen LogP contribution is 2.35. The third-order valence-corrected chi connectivity index (χ3v) is 5.12. The van der Waals surface area contributed by atoms with Crippen molar-refractivity contribution in [2.75, 3.05) is 6.54 Å². The normalized spacial score (nSPS) is 11.3. The fourth-order valence-corrected chi connectivity index (χ4v) is 3.84. The van der Waals surface area contributed by atoms with Crippen molar-refractivity contribution in [1.82, 2.24) is 9.97 Å². The number of fused-ring (bicyclic) bond motifs is 2. The summed E-state index contributed by atoms with van der Waals surface area (Å²) >= 11 is 0. The fraction of sp³-hybridized carbons (Fsp3) is 0.217. The first-order chi connectivity index (χ1) is 13.7. The van der Waals surface area contributed by atoms with Crippen LogP contribution in [0.3, 0.4) is 0 Å². The molecule has 2 aromatic heterocycles.